The number of hydrogen-bond acceptors (Lipinski definition) is 7. The molecule has 10 nitrogen and oxygen atoms in total. The molecule has 4 aliphatic rings. The maximum atomic E-state index is 13.6. The minimum Gasteiger partial charge on any atom is -0.288 e. The Labute approximate surface area is 192 Å². The number of benzene rings is 3. The monoisotopic (exact) mass is 456 g/mol. The van der Waals surface area contributed by atoms with Crippen LogP contribution in [0.3, 0.4) is 0 Å². The second-order valence-electron chi connectivity index (χ2n) is 8.64. The van der Waals surface area contributed by atoms with Gasteiger partial charge in [0.15, 0.2) is 0 Å². The van der Waals surface area contributed by atoms with Crippen LogP contribution < -0.4 is 5.43 Å². The van der Waals surface area contributed by atoms with Crippen molar-refractivity contribution in [2.75, 3.05) is 5.43 Å². The molecule has 3 aromatic carbocycles. The molecule has 2 amide bonds. The van der Waals surface area contributed by atoms with E-state index in [1.807, 2.05) is 48.5 Å². The standard InChI is InChI=1S/C24H16N4O6/c29-23-21-19-15-5-1-2-6-16(15)20(18-8-4-3-7-17(18)19)22(21)24(30)26(23)25-12-9-13(27(31)32)11-14(10-12)28(33)34/h1-11,19-22,25H. The highest BCUT2D eigenvalue weighted by Crippen LogP contribution is 2.60. The zero-order valence-electron chi connectivity index (χ0n) is 17.5. The van der Waals surface area contributed by atoms with Crippen LogP contribution in [-0.2, 0) is 9.59 Å². The van der Waals surface area contributed by atoms with E-state index in [-0.39, 0.29) is 17.5 Å². The number of anilines is 1. The van der Waals surface area contributed by atoms with Gasteiger partial charge in [0, 0.05) is 24.0 Å². The van der Waals surface area contributed by atoms with Gasteiger partial charge in [-0.25, -0.2) is 0 Å². The number of nitro groups is 2. The van der Waals surface area contributed by atoms with Gasteiger partial charge in [-0.3, -0.25) is 35.2 Å². The molecule has 0 saturated carbocycles. The van der Waals surface area contributed by atoms with Crippen LogP contribution in [0.15, 0.2) is 66.7 Å². The Morgan fingerprint density at radius 3 is 1.41 bits per heavy atom. The van der Waals surface area contributed by atoms with Crippen LogP contribution >= 0.6 is 0 Å². The van der Waals surface area contributed by atoms with Gasteiger partial charge in [0.2, 0.25) is 0 Å². The number of non-ortho nitro benzene ring substituents is 2. The van der Waals surface area contributed by atoms with Crippen molar-refractivity contribution in [3.8, 4) is 0 Å². The highest BCUT2D eigenvalue weighted by atomic mass is 16.6. The van der Waals surface area contributed by atoms with Crippen LogP contribution in [0.4, 0.5) is 17.1 Å². The summed E-state index contributed by atoms with van der Waals surface area (Å²) in [6.07, 6.45) is 0. The summed E-state index contributed by atoms with van der Waals surface area (Å²) in [6, 6.07) is 18.5. The van der Waals surface area contributed by atoms with Crippen LogP contribution in [0.25, 0.3) is 0 Å². The van der Waals surface area contributed by atoms with Gasteiger partial charge in [0.1, 0.15) is 0 Å². The normalized spacial score (nSPS) is 23.8. The number of carbonyl (C=O) groups excluding carboxylic acids is 2. The van der Waals surface area contributed by atoms with Crippen LogP contribution in [0.1, 0.15) is 34.1 Å². The zero-order chi connectivity index (χ0) is 23.7. The third-order valence-corrected chi connectivity index (χ3v) is 7.01. The molecule has 10 heteroatoms. The summed E-state index contributed by atoms with van der Waals surface area (Å²) in [5.74, 6) is -2.78. The average molecular weight is 456 g/mol. The third kappa shape index (κ3) is 2.62. The zero-order valence-corrected chi connectivity index (χ0v) is 17.5. The summed E-state index contributed by atoms with van der Waals surface area (Å²) in [4.78, 5) is 48.1. The van der Waals surface area contributed by atoms with Crippen molar-refractivity contribution >= 4 is 28.9 Å². The summed E-state index contributed by atoms with van der Waals surface area (Å²) in [7, 11) is 0. The molecule has 1 heterocycles. The molecule has 7 rings (SSSR count). The second kappa shape index (κ2) is 6.95. The van der Waals surface area contributed by atoms with Crippen molar-refractivity contribution in [3.63, 3.8) is 0 Å². The molecule has 1 fully saturated rings. The summed E-state index contributed by atoms with van der Waals surface area (Å²) in [5, 5.41) is 23.4. The number of hydrogen-bond donors (Lipinski definition) is 1. The van der Waals surface area contributed by atoms with Crippen molar-refractivity contribution in [1.82, 2.24) is 5.01 Å². The summed E-state index contributed by atoms with van der Waals surface area (Å²) < 4.78 is 0. The summed E-state index contributed by atoms with van der Waals surface area (Å²) >= 11 is 0. The first-order valence-corrected chi connectivity index (χ1v) is 10.6. The van der Waals surface area contributed by atoms with Gasteiger partial charge in [0.25, 0.3) is 23.2 Å². The molecule has 3 aliphatic carbocycles. The fraction of sp³-hybridized carbons (Fsp3) is 0.167. The van der Waals surface area contributed by atoms with E-state index >= 15 is 0 Å². The number of amides is 2. The lowest BCUT2D eigenvalue weighted by Crippen LogP contribution is -2.41. The molecular formula is C24H16N4O6. The fourth-order valence-corrected chi connectivity index (χ4v) is 5.79. The van der Waals surface area contributed by atoms with E-state index < -0.39 is 44.9 Å². The molecule has 0 aromatic heterocycles. The summed E-state index contributed by atoms with van der Waals surface area (Å²) in [5.41, 5.74) is 5.58. The SMILES string of the molecule is O=C1C2C3c4ccccc4C(c4ccccc43)C2C(=O)N1Nc1cc([N+](=O)[O-])cc([N+](=O)[O-])c1. The first-order valence-electron chi connectivity index (χ1n) is 10.6. The Hall–Kier alpha value is -4.60. The number of hydrazine groups is 1. The lowest BCUT2D eigenvalue weighted by molar-refractivity contribution is -0.394. The highest BCUT2D eigenvalue weighted by molar-refractivity contribution is 6.08. The van der Waals surface area contributed by atoms with Crippen LogP contribution in [-0.4, -0.2) is 26.7 Å². The molecule has 2 bridgehead atoms. The topological polar surface area (TPSA) is 136 Å². The minimum absolute atomic E-state index is 0.0800. The largest absolute Gasteiger partial charge is 0.288 e. The minimum atomic E-state index is -0.765. The van der Waals surface area contributed by atoms with Crippen molar-refractivity contribution in [2.24, 2.45) is 11.8 Å². The lowest BCUT2D eigenvalue weighted by atomic mass is 9.55. The van der Waals surface area contributed by atoms with Crippen molar-refractivity contribution in [1.29, 1.82) is 0 Å². The number of rotatable bonds is 4. The first-order chi connectivity index (χ1) is 16.4. The van der Waals surface area contributed by atoms with Crippen LogP contribution in [0.2, 0.25) is 0 Å². The van der Waals surface area contributed by atoms with Crippen LogP contribution in [0, 0.1) is 32.1 Å². The van der Waals surface area contributed by atoms with Gasteiger partial charge >= 0.3 is 0 Å². The Kier molecular flexibility index (Phi) is 4.09. The van der Waals surface area contributed by atoms with E-state index in [0.717, 1.165) is 45.5 Å². The Bertz CT molecular complexity index is 1290. The molecule has 2 atom stereocenters. The molecular weight excluding hydrogens is 440 g/mol. The van der Waals surface area contributed by atoms with E-state index in [1.165, 1.54) is 0 Å². The summed E-state index contributed by atoms with van der Waals surface area (Å²) in [6.45, 7) is 0. The highest BCUT2D eigenvalue weighted by Gasteiger charge is 2.61. The molecule has 2 unspecified atom stereocenters. The molecule has 1 N–H and O–H groups in total. The quantitative estimate of drug-likeness (QED) is 0.359. The number of nitro benzene ring substituents is 2. The number of imide groups is 1. The van der Waals surface area contributed by atoms with Gasteiger partial charge in [-0.15, -0.1) is 0 Å². The van der Waals surface area contributed by atoms with Crippen LogP contribution in [0.5, 0.6) is 0 Å². The van der Waals surface area contributed by atoms with Crippen molar-refractivity contribution in [3.05, 3.63) is 109 Å². The first kappa shape index (κ1) is 20.0. The third-order valence-electron chi connectivity index (χ3n) is 7.01. The molecule has 3 aromatic rings. The van der Waals surface area contributed by atoms with E-state index in [9.17, 15) is 29.8 Å². The van der Waals surface area contributed by atoms with E-state index in [2.05, 4.69) is 5.43 Å². The van der Waals surface area contributed by atoms with Crippen molar-refractivity contribution < 1.29 is 19.4 Å². The molecule has 0 radical (unpaired) electrons. The Balaban J connectivity index is 1.44. The molecule has 168 valence electrons. The Morgan fingerprint density at radius 2 is 1.06 bits per heavy atom. The molecule has 0 spiro atoms. The number of carbonyl (C=O) groups is 2. The predicted molar refractivity (Wildman–Crippen MR) is 119 cm³/mol. The van der Waals surface area contributed by atoms with Crippen molar-refractivity contribution in [2.45, 2.75) is 11.8 Å². The molecule has 1 aliphatic heterocycles. The average Bonchev–Trinajstić information content (AvgIpc) is 3.09. The maximum absolute atomic E-state index is 13.6. The van der Waals surface area contributed by atoms with Gasteiger partial charge in [-0.05, 0) is 22.3 Å². The molecule has 1 saturated heterocycles. The lowest BCUT2D eigenvalue weighted by Gasteiger charge is -2.45. The molecule has 34 heavy (non-hydrogen) atoms. The van der Waals surface area contributed by atoms with E-state index in [0.29, 0.717) is 0 Å². The van der Waals surface area contributed by atoms with Gasteiger partial charge in [0.05, 0.1) is 33.4 Å². The van der Waals surface area contributed by atoms with E-state index in [4.69, 9.17) is 0 Å². The smallest absolute Gasteiger partial charge is 0.278 e. The van der Waals surface area contributed by atoms with Gasteiger partial charge < -0.3 is 0 Å². The number of nitrogens with zero attached hydrogens (tertiary/aromatic N) is 3. The predicted octanol–water partition coefficient (Wildman–Crippen LogP) is 3.72. The second-order valence-corrected chi connectivity index (χ2v) is 8.64. The number of nitrogens with one attached hydrogen (secondary N) is 1. The maximum Gasteiger partial charge on any atom is 0.278 e. The Morgan fingerprint density at radius 1 is 0.676 bits per heavy atom. The van der Waals surface area contributed by atoms with Gasteiger partial charge in [-0.2, -0.15) is 5.01 Å². The fourth-order valence-electron chi connectivity index (χ4n) is 5.79. The van der Waals surface area contributed by atoms with Gasteiger partial charge in [-0.1, -0.05) is 48.5 Å². The van der Waals surface area contributed by atoms with E-state index in [1.54, 1.807) is 0 Å².